The third kappa shape index (κ3) is 5.96. The molecule has 2 aromatic rings. The number of fused-ring (bicyclic) bond motifs is 1. The number of aliphatic carboxylic acids is 2. The Labute approximate surface area is 171 Å². The first-order valence-electron chi connectivity index (χ1n) is 8.69. The van der Waals surface area contributed by atoms with E-state index in [0.717, 1.165) is 16.5 Å². The molecule has 2 rings (SSSR count). The average molecular weight is 422 g/mol. The van der Waals surface area contributed by atoms with Crippen LogP contribution in [0.1, 0.15) is 12.0 Å². The molecule has 1 heterocycles. The summed E-state index contributed by atoms with van der Waals surface area (Å²) in [4.78, 5) is 49.6. The molecular formula is C18H22N4O6S. The molecule has 0 spiro atoms. The number of carboxylic acid groups (broad SMARTS) is 2. The number of para-hydroxylation sites is 1. The number of carbonyl (C=O) groups excluding carboxylic acids is 2. The number of rotatable bonds is 10. The number of amides is 2. The van der Waals surface area contributed by atoms with Crippen LogP contribution in [-0.2, 0) is 25.6 Å². The maximum Gasteiger partial charge on any atom is 0.326 e. The normalized spacial score (nSPS) is 14.0. The number of benzene rings is 1. The van der Waals surface area contributed by atoms with Crippen molar-refractivity contribution in [2.75, 3.05) is 5.75 Å². The fourth-order valence-electron chi connectivity index (χ4n) is 2.75. The monoisotopic (exact) mass is 422 g/mol. The summed E-state index contributed by atoms with van der Waals surface area (Å²) in [5.41, 5.74) is 7.70. The number of carbonyl (C=O) groups is 4. The van der Waals surface area contributed by atoms with E-state index in [1.54, 1.807) is 6.20 Å². The maximum atomic E-state index is 12.4. The van der Waals surface area contributed by atoms with E-state index in [2.05, 4.69) is 28.2 Å². The van der Waals surface area contributed by atoms with Crippen LogP contribution in [0.4, 0.5) is 0 Å². The molecule has 3 atom stereocenters. The van der Waals surface area contributed by atoms with E-state index in [-0.39, 0.29) is 12.2 Å². The molecule has 10 nitrogen and oxygen atoms in total. The van der Waals surface area contributed by atoms with E-state index < -0.39 is 48.3 Å². The number of H-pyrrole nitrogens is 1. The van der Waals surface area contributed by atoms with Crippen molar-refractivity contribution in [2.45, 2.75) is 31.0 Å². The standard InChI is InChI=1S/C18H22N4O6S/c19-11(5-9-7-20-12-4-2-1-3-10(9)12)16(25)22-14(8-29)17(26)21-13(18(27)28)6-15(23)24/h1-4,7,11,13-14,20,29H,5-6,8,19H2,(H,21,26)(H,22,25)(H,23,24)(H,27,28)/t11-,13-,14-/m0/s1. The Morgan fingerprint density at radius 1 is 1.07 bits per heavy atom. The fraction of sp³-hybridized carbons (Fsp3) is 0.333. The van der Waals surface area contributed by atoms with Crippen molar-refractivity contribution in [3.05, 3.63) is 36.0 Å². The lowest BCUT2D eigenvalue weighted by Crippen LogP contribution is -2.55. The highest BCUT2D eigenvalue weighted by atomic mass is 32.1. The topological polar surface area (TPSA) is 175 Å². The second-order valence-corrected chi connectivity index (χ2v) is 6.78. The van der Waals surface area contributed by atoms with Gasteiger partial charge in [-0.1, -0.05) is 18.2 Å². The minimum atomic E-state index is -1.63. The van der Waals surface area contributed by atoms with E-state index in [1.807, 2.05) is 24.3 Å². The summed E-state index contributed by atoms with van der Waals surface area (Å²) in [5, 5.41) is 23.2. The minimum absolute atomic E-state index is 0.128. The zero-order valence-electron chi connectivity index (χ0n) is 15.3. The number of nitrogens with one attached hydrogen (secondary N) is 3. The first kappa shape index (κ1) is 22.2. The van der Waals surface area contributed by atoms with Crippen molar-refractivity contribution >= 4 is 47.3 Å². The SMILES string of the molecule is N[C@@H](Cc1c[nH]c2ccccc12)C(=O)N[C@@H](CS)C(=O)N[C@@H](CC(=O)O)C(=O)O. The molecule has 1 aromatic carbocycles. The molecule has 0 saturated heterocycles. The number of hydrogen-bond acceptors (Lipinski definition) is 6. The summed E-state index contributed by atoms with van der Waals surface area (Å²) in [6.07, 6.45) is 1.17. The molecule has 0 saturated carbocycles. The number of aromatic amines is 1. The number of hydrogen-bond donors (Lipinski definition) is 7. The summed E-state index contributed by atoms with van der Waals surface area (Å²) in [7, 11) is 0. The molecule has 0 unspecified atom stereocenters. The molecule has 0 aliphatic heterocycles. The van der Waals surface area contributed by atoms with Gasteiger partial charge in [-0.05, 0) is 18.1 Å². The lowest BCUT2D eigenvalue weighted by atomic mass is 10.0. The van der Waals surface area contributed by atoms with Crippen LogP contribution >= 0.6 is 12.6 Å². The molecule has 29 heavy (non-hydrogen) atoms. The van der Waals surface area contributed by atoms with E-state index in [4.69, 9.17) is 15.9 Å². The average Bonchev–Trinajstić information content (AvgIpc) is 3.07. The van der Waals surface area contributed by atoms with Crippen molar-refractivity contribution in [2.24, 2.45) is 5.73 Å². The third-order valence-electron chi connectivity index (χ3n) is 4.26. The Kier molecular flexibility index (Phi) is 7.62. The zero-order valence-corrected chi connectivity index (χ0v) is 16.2. The highest BCUT2D eigenvalue weighted by Crippen LogP contribution is 2.18. The summed E-state index contributed by atoms with van der Waals surface area (Å²) in [5.74, 6) is -4.49. The third-order valence-corrected chi connectivity index (χ3v) is 4.63. The Balaban J connectivity index is 1.99. The van der Waals surface area contributed by atoms with Gasteiger partial charge < -0.3 is 31.6 Å². The molecule has 0 bridgehead atoms. The van der Waals surface area contributed by atoms with Gasteiger partial charge >= 0.3 is 11.9 Å². The molecule has 7 N–H and O–H groups in total. The van der Waals surface area contributed by atoms with Crippen LogP contribution in [0, 0.1) is 0 Å². The maximum absolute atomic E-state index is 12.4. The molecular weight excluding hydrogens is 400 g/mol. The van der Waals surface area contributed by atoms with Crippen molar-refractivity contribution < 1.29 is 29.4 Å². The van der Waals surface area contributed by atoms with Gasteiger partial charge in [-0.25, -0.2) is 4.79 Å². The van der Waals surface area contributed by atoms with Gasteiger partial charge in [0.2, 0.25) is 11.8 Å². The van der Waals surface area contributed by atoms with E-state index in [9.17, 15) is 19.2 Å². The van der Waals surface area contributed by atoms with Gasteiger partial charge in [0.15, 0.2) is 0 Å². The highest BCUT2D eigenvalue weighted by molar-refractivity contribution is 7.80. The quantitative estimate of drug-likeness (QED) is 0.252. The summed E-state index contributed by atoms with van der Waals surface area (Å²) in [6.45, 7) is 0. The number of nitrogens with two attached hydrogens (primary N) is 1. The zero-order chi connectivity index (χ0) is 21.6. The number of carboxylic acids is 2. The minimum Gasteiger partial charge on any atom is -0.481 e. The largest absolute Gasteiger partial charge is 0.481 e. The van der Waals surface area contributed by atoms with Crippen LogP contribution in [-0.4, -0.2) is 62.8 Å². The second-order valence-electron chi connectivity index (χ2n) is 6.41. The Morgan fingerprint density at radius 2 is 1.72 bits per heavy atom. The lowest BCUT2D eigenvalue weighted by molar-refractivity contribution is -0.147. The molecule has 0 fully saturated rings. The smallest absolute Gasteiger partial charge is 0.326 e. The van der Waals surface area contributed by atoms with Gasteiger partial charge in [0, 0.05) is 22.9 Å². The van der Waals surface area contributed by atoms with Gasteiger partial charge in [0.1, 0.15) is 12.1 Å². The summed E-state index contributed by atoms with van der Waals surface area (Å²) in [6, 6.07) is 3.77. The molecule has 156 valence electrons. The first-order chi connectivity index (χ1) is 13.7. The second kappa shape index (κ2) is 9.94. The number of thiol groups is 1. The van der Waals surface area contributed by atoms with Crippen LogP contribution < -0.4 is 16.4 Å². The predicted molar refractivity (Wildman–Crippen MR) is 108 cm³/mol. The summed E-state index contributed by atoms with van der Waals surface area (Å²) >= 11 is 3.99. The van der Waals surface area contributed by atoms with Gasteiger partial charge in [-0.3, -0.25) is 14.4 Å². The molecule has 1 aromatic heterocycles. The van der Waals surface area contributed by atoms with Gasteiger partial charge in [-0.2, -0.15) is 12.6 Å². The van der Waals surface area contributed by atoms with E-state index in [0.29, 0.717) is 0 Å². The van der Waals surface area contributed by atoms with Gasteiger partial charge in [0.05, 0.1) is 12.5 Å². The van der Waals surface area contributed by atoms with Crippen LogP contribution in [0.25, 0.3) is 10.9 Å². The van der Waals surface area contributed by atoms with Crippen molar-refractivity contribution in [1.29, 1.82) is 0 Å². The molecule has 0 aliphatic carbocycles. The van der Waals surface area contributed by atoms with Crippen LogP contribution in [0.5, 0.6) is 0 Å². The van der Waals surface area contributed by atoms with E-state index >= 15 is 0 Å². The highest BCUT2D eigenvalue weighted by Gasteiger charge is 2.28. The van der Waals surface area contributed by atoms with Gasteiger partial charge in [-0.15, -0.1) is 0 Å². The summed E-state index contributed by atoms with van der Waals surface area (Å²) < 4.78 is 0. The van der Waals surface area contributed by atoms with Crippen molar-refractivity contribution in [3.8, 4) is 0 Å². The Hall–Kier alpha value is -3.05. The molecule has 0 aliphatic rings. The van der Waals surface area contributed by atoms with Crippen molar-refractivity contribution in [3.63, 3.8) is 0 Å². The van der Waals surface area contributed by atoms with Crippen molar-refractivity contribution in [1.82, 2.24) is 15.6 Å². The van der Waals surface area contributed by atoms with Gasteiger partial charge in [0.25, 0.3) is 0 Å². The Bertz CT molecular complexity index is 915. The first-order valence-corrected chi connectivity index (χ1v) is 9.33. The van der Waals surface area contributed by atoms with Crippen LogP contribution in [0.15, 0.2) is 30.5 Å². The van der Waals surface area contributed by atoms with Crippen LogP contribution in [0.2, 0.25) is 0 Å². The number of aromatic nitrogens is 1. The van der Waals surface area contributed by atoms with Crippen LogP contribution in [0.3, 0.4) is 0 Å². The molecule has 2 amide bonds. The van der Waals surface area contributed by atoms with E-state index in [1.165, 1.54) is 0 Å². The fourth-order valence-corrected chi connectivity index (χ4v) is 3.01. The molecule has 11 heteroatoms. The Morgan fingerprint density at radius 3 is 2.34 bits per heavy atom. The lowest BCUT2D eigenvalue weighted by Gasteiger charge is -2.21. The molecule has 0 radical (unpaired) electrons. The predicted octanol–water partition coefficient (Wildman–Crippen LogP) is -0.504.